The number of nitrogens with two attached hydrogens (primary N) is 1. The Labute approximate surface area is 210 Å². The SMILES string of the molecule is COc1ccc(OC(=O)NC2CC2c2ccc(C(N)=NC=Nc3ccc(OC(F)(F)F)cc3)cc2)cc1. The third-order valence-electron chi connectivity index (χ3n) is 5.47. The lowest BCUT2D eigenvalue weighted by Crippen LogP contribution is -2.29. The van der Waals surface area contributed by atoms with Gasteiger partial charge >= 0.3 is 12.5 Å². The third-order valence-corrected chi connectivity index (χ3v) is 5.47. The number of rotatable bonds is 8. The van der Waals surface area contributed by atoms with Crippen molar-refractivity contribution in [1.29, 1.82) is 0 Å². The maximum Gasteiger partial charge on any atom is 0.573 e. The highest BCUT2D eigenvalue weighted by molar-refractivity contribution is 6.01. The van der Waals surface area contributed by atoms with Crippen LogP contribution in [0.4, 0.5) is 23.7 Å². The van der Waals surface area contributed by atoms with Crippen LogP contribution in [0.5, 0.6) is 17.2 Å². The van der Waals surface area contributed by atoms with Gasteiger partial charge in [-0.3, -0.25) is 0 Å². The van der Waals surface area contributed by atoms with E-state index in [0.29, 0.717) is 22.7 Å². The summed E-state index contributed by atoms with van der Waals surface area (Å²) in [7, 11) is 1.56. The van der Waals surface area contributed by atoms with Crippen LogP contribution in [0.15, 0.2) is 82.8 Å². The molecule has 1 saturated carbocycles. The fraction of sp³-hybridized carbons (Fsp3) is 0.192. The molecule has 8 nitrogen and oxygen atoms in total. The number of nitrogens with one attached hydrogen (secondary N) is 1. The van der Waals surface area contributed by atoms with Crippen molar-refractivity contribution >= 4 is 24.0 Å². The number of aliphatic imine (C=N–C) groups is 2. The number of halogens is 3. The quantitative estimate of drug-likeness (QED) is 0.315. The molecule has 0 saturated heterocycles. The number of nitrogens with zero attached hydrogens (tertiary/aromatic N) is 2. The Balaban J connectivity index is 1.26. The first-order chi connectivity index (χ1) is 17.7. The minimum Gasteiger partial charge on any atom is -0.497 e. The fourth-order valence-electron chi connectivity index (χ4n) is 3.52. The summed E-state index contributed by atoms with van der Waals surface area (Å²) in [4.78, 5) is 20.3. The Morgan fingerprint density at radius 3 is 2.22 bits per heavy atom. The van der Waals surface area contributed by atoms with Gasteiger partial charge in [-0.05, 0) is 60.5 Å². The average molecular weight is 512 g/mol. The maximum absolute atomic E-state index is 12.2. The van der Waals surface area contributed by atoms with Gasteiger partial charge in [-0.15, -0.1) is 13.2 Å². The van der Waals surface area contributed by atoms with Gasteiger partial charge in [-0.2, -0.15) is 0 Å². The number of ether oxygens (including phenoxy) is 3. The second-order valence-corrected chi connectivity index (χ2v) is 8.08. The van der Waals surface area contributed by atoms with E-state index in [1.54, 1.807) is 31.4 Å². The molecule has 192 valence electrons. The van der Waals surface area contributed by atoms with Crippen molar-refractivity contribution in [3.8, 4) is 17.2 Å². The molecule has 2 unspecified atom stereocenters. The Bertz CT molecular complexity index is 1280. The molecule has 11 heteroatoms. The summed E-state index contributed by atoms with van der Waals surface area (Å²) in [5.41, 5.74) is 8.12. The van der Waals surface area contributed by atoms with Gasteiger partial charge in [0.15, 0.2) is 0 Å². The molecule has 0 radical (unpaired) electrons. The molecule has 1 aliphatic carbocycles. The van der Waals surface area contributed by atoms with Crippen molar-refractivity contribution in [2.24, 2.45) is 15.7 Å². The molecule has 37 heavy (non-hydrogen) atoms. The fourth-order valence-corrected chi connectivity index (χ4v) is 3.52. The second kappa shape index (κ2) is 11.0. The van der Waals surface area contributed by atoms with Crippen LogP contribution in [0, 0.1) is 0 Å². The van der Waals surface area contributed by atoms with Crippen LogP contribution in [0.1, 0.15) is 23.5 Å². The number of carbonyl (C=O) groups excluding carboxylic acids is 1. The smallest absolute Gasteiger partial charge is 0.497 e. The van der Waals surface area contributed by atoms with Crippen molar-refractivity contribution in [3.05, 3.63) is 83.9 Å². The lowest BCUT2D eigenvalue weighted by molar-refractivity contribution is -0.274. The number of carbonyl (C=O) groups is 1. The summed E-state index contributed by atoms with van der Waals surface area (Å²) in [5.74, 6) is 1.15. The van der Waals surface area contributed by atoms with E-state index < -0.39 is 12.5 Å². The van der Waals surface area contributed by atoms with Gasteiger partial charge < -0.3 is 25.3 Å². The molecular formula is C26H23F3N4O4. The number of hydrogen-bond acceptors (Lipinski definition) is 5. The van der Waals surface area contributed by atoms with E-state index >= 15 is 0 Å². The van der Waals surface area contributed by atoms with Crippen molar-refractivity contribution in [2.75, 3.05) is 7.11 Å². The Morgan fingerprint density at radius 2 is 1.59 bits per heavy atom. The Morgan fingerprint density at radius 1 is 0.973 bits per heavy atom. The molecule has 0 heterocycles. The molecule has 3 aromatic rings. The van der Waals surface area contributed by atoms with Crippen LogP contribution in [-0.2, 0) is 0 Å². The van der Waals surface area contributed by atoms with E-state index in [9.17, 15) is 18.0 Å². The van der Waals surface area contributed by atoms with Gasteiger partial charge in [0, 0.05) is 17.5 Å². The number of methoxy groups -OCH3 is 1. The van der Waals surface area contributed by atoms with Crippen molar-refractivity contribution in [3.63, 3.8) is 0 Å². The Hall–Kier alpha value is -4.54. The standard InChI is InChI=1S/C26H23F3N4O4/c1-35-19-10-12-20(13-11-19)36-25(34)33-23-14-22(23)16-2-4-17(5-3-16)24(30)32-15-31-18-6-8-21(9-7-18)37-26(27,28)29/h2-13,15,22-23H,14H2,1H3,(H,33,34)(H2,30,31,32). The molecule has 3 aromatic carbocycles. The average Bonchev–Trinajstić information content (AvgIpc) is 3.63. The van der Waals surface area contributed by atoms with E-state index in [4.69, 9.17) is 15.2 Å². The molecule has 1 amide bonds. The Kier molecular flexibility index (Phi) is 7.61. The topological polar surface area (TPSA) is 108 Å². The summed E-state index contributed by atoms with van der Waals surface area (Å²) in [6.07, 6.45) is -3.26. The van der Waals surface area contributed by atoms with Gasteiger partial charge in [-0.1, -0.05) is 24.3 Å². The van der Waals surface area contributed by atoms with Crippen LogP contribution in [0.25, 0.3) is 0 Å². The van der Waals surface area contributed by atoms with Crippen LogP contribution in [-0.4, -0.2) is 37.8 Å². The number of alkyl halides is 3. The zero-order chi connectivity index (χ0) is 26.4. The van der Waals surface area contributed by atoms with Gasteiger partial charge in [0.05, 0.1) is 12.8 Å². The molecule has 4 rings (SSSR count). The van der Waals surface area contributed by atoms with E-state index in [1.807, 2.05) is 24.3 Å². The zero-order valence-electron chi connectivity index (χ0n) is 19.6. The van der Waals surface area contributed by atoms with Gasteiger partial charge in [0.1, 0.15) is 29.4 Å². The van der Waals surface area contributed by atoms with E-state index in [1.165, 1.54) is 18.5 Å². The number of amides is 1. The van der Waals surface area contributed by atoms with Crippen molar-refractivity contribution in [2.45, 2.75) is 24.7 Å². The second-order valence-electron chi connectivity index (χ2n) is 8.08. The predicted octanol–water partition coefficient (Wildman–Crippen LogP) is 5.30. The molecule has 0 bridgehead atoms. The summed E-state index contributed by atoms with van der Waals surface area (Å²) in [6, 6.07) is 19.2. The van der Waals surface area contributed by atoms with E-state index in [0.717, 1.165) is 24.1 Å². The lowest BCUT2D eigenvalue weighted by Gasteiger charge is -2.08. The van der Waals surface area contributed by atoms with E-state index in [-0.39, 0.29) is 23.5 Å². The molecule has 1 aliphatic rings. The largest absolute Gasteiger partial charge is 0.573 e. The first kappa shape index (κ1) is 25.5. The molecule has 3 N–H and O–H groups in total. The van der Waals surface area contributed by atoms with E-state index in [2.05, 4.69) is 20.0 Å². The summed E-state index contributed by atoms with van der Waals surface area (Å²) in [5, 5.41) is 2.85. The van der Waals surface area contributed by atoms with Crippen LogP contribution in [0.2, 0.25) is 0 Å². The highest BCUT2D eigenvalue weighted by atomic mass is 19.4. The molecule has 2 atom stereocenters. The van der Waals surface area contributed by atoms with Crippen molar-refractivity contribution < 1.29 is 32.2 Å². The molecule has 0 aliphatic heterocycles. The first-order valence-electron chi connectivity index (χ1n) is 11.1. The molecule has 0 spiro atoms. The lowest BCUT2D eigenvalue weighted by atomic mass is 10.1. The first-order valence-corrected chi connectivity index (χ1v) is 11.1. The molecule has 0 aromatic heterocycles. The van der Waals surface area contributed by atoms with Crippen LogP contribution >= 0.6 is 0 Å². The van der Waals surface area contributed by atoms with Crippen LogP contribution < -0.4 is 25.3 Å². The monoisotopic (exact) mass is 512 g/mol. The van der Waals surface area contributed by atoms with Crippen molar-refractivity contribution in [1.82, 2.24) is 5.32 Å². The molecule has 1 fully saturated rings. The van der Waals surface area contributed by atoms with Crippen LogP contribution in [0.3, 0.4) is 0 Å². The van der Waals surface area contributed by atoms with Gasteiger partial charge in [0.25, 0.3) is 0 Å². The predicted molar refractivity (Wildman–Crippen MR) is 132 cm³/mol. The normalized spacial score (nSPS) is 17.4. The molecular weight excluding hydrogens is 489 g/mol. The third kappa shape index (κ3) is 7.47. The number of hydrogen-bond donors (Lipinski definition) is 2. The summed E-state index contributed by atoms with van der Waals surface area (Å²) < 4.78 is 50.8. The highest BCUT2D eigenvalue weighted by Gasteiger charge is 2.40. The maximum atomic E-state index is 12.2. The summed E-state index contributed by atoms with van der Waals surface area (Å²) >= 11 is 0. The zero-order valence-corrected chi connectivity index (χ0v) is 19.6. The summed E-state index contributed by atoms with van der Waals surface area (Å²) in [6.45, 7) is 0. The minimum absolute atomic E-state index is 0.0253. The van der Waals surface area contributed by atoms with Gasteiger partial charge in [-0.25, -0.2) is 14.8 Å². The van der Waals surface area contributed by atoms with Gasteiger partial charge in [0.2, 0.25) is 0 Å². The number of amidine groups is 1. The highest BCUT2D eigenvalue weighted by Crippen LogP contribution is 2.40. The number of benzene rings is 3. The minimum atomic E-state index is -4.75.